The van der Waals surface area contributed by atoms with Gasteiger partial charge in [-0.05, 0) is 49.8 Å². The third-order valence-electron chi connectivity index (χ3n) is 4.92. The van der Waals surface area contributed by atoms with Crippen LogP contribution in [0, 0.1) is 11.7 Å². The molecule has 0 radical (unpaired) electrons. The molecule has 1 heterocycles. The second-order valence-corrected chi connectivity index (χ2v) is 8.06. The summed E-state index contributed by atoms with van der Waals surface area (Å²) in [5.41, 5.74) is 0. The van der Waals surface area contributed by atoms with E-state index in [0.717, 1.165) is 38.2 Å². The maximum absolute atomic E-state index is 13.9. The molecule has 2 unspecified atom stereocenters. The van der Waals surface area contributed by atoms with Crippen LogP contribution in [-0.2, 0) is 10.0 Å². The number of sulfonamides is 1. The zero-order valence-electron chi connectivity index (χ0n) is 12.8. The topological polar surface area (TPSA) is 46.6 Å². The van der Waals surface area contributed by atoms with Gasteiger partial charge in [0.1, 0.15) is 0 Å². The fourth-order valence-electron chi connectivity index (χ4n) is 3.82. The predicted molar refractivity (Wildman–Crippen MR) is 81.8 cm³/mol. The molecule has 1 saturated carbocycles. The molecular formula is C16H22FNO3S. The lowest BCUT2D eigenvalue weighted by Crippen LogP contribution is -2.49. The summed E-state index contributed by atoms with van der Waals surface area (Å²) in [6, 6.07) is 3.96. The average Bonchev–Trinajstić information content (AvgIpc) is 2.54. The first kappa shape index (κ1) is 15.7. The van der Waals surface area contributed by atoms with Crippen LogP contribution in [0.4, 0.5) is 4.39 Å². The van der Waals surface area contributed by atoms with Crippen molar-refractivity contribution in [2.45, 2.75) is 49.5 Å². The van der Waals surface area contributed by atoms with Crippen LogP contribution in [-0.4, -0.2) is 32.4 Å². The van der Waals surface area contributed by atoms with Gasteiger partial charge in [-0.25, -0.2) is 12.8 Å². The van der Waals surface area contributed by atoms with Gasteiger partial charge in [-0.2, -0.15) is 4.31 Å². The van der Waals surface area contributed by atoms with E-state index in [-0.39, 0.29) is 16.7 Å². The fraction of sp³-hybridized carbons (Fsp3) is 0.625. The number of hydrogen-bond donors (Lipinski definition) is 0. The molecule has 6 heteroatoms. The zero-order chi connectivity index (χ0) is 15.7. The molecule has 2 atom stereocenters. The SMILES string of the molecule is COc1ccc(S(=O)(=O)N2CCCC3CCCCC32)cc1F. The van der Waals surface area contributed by atoms with E-state index in [9.17, 15) is 12.8 Å². The second kappa shape index (κ2) is 6.16. The molecule has 0 spiro atoms. The minimum absolute atomic E-state index is 0.0250. The number of hydrogen-bond acceptors (Lipinski definition) is 3. The van der Waals surface area contributed by atoms with Crippen molar-refractivity contribution in [3.8, 4) is 5.75 Å². The second-order valence-electron chi connectivity index (χ2n) is 6.17. The lowest BCUT2D eigenvalue weighted by Gasteiger charge is -2.43. The quantitative estimate of drug-likeness (QED) is 0.856. The van der Waals surface area contributed by atoms with Crippen LogP contribution in [0.3, 0.4) is 0 Å². The normalized spacial score (nSPS) is 26.5. The van der Waals surface area contributed by atoms with Crippen molar-refractivity contribution >= 4 is 10.0 Å². The van der Waals surface area contributed by atoms with E-state index in [1.807, 2.05) is 0 Å². The number of methoxy groups -OCH3 is 1. The summed E-state index contributed by atoms with van der Waals surface area (Å²) >= 11 is 0. The molecule has 1 aromatic rings. The summed E-state index contributed by atoms with van der Waals surface area (Å²) in [6.45, 7) is 0.539. The molecule has 22 heavy (non-hydrogen) atoms. The van der Waals surface area contributed by atoms with Gasteiger partial charge in [0.2, 0.25) is 10.0 Å². The Hall–Kier alpha value is -1.14. The van der Waals surface area contributed by atoms with Gasteiger partial charge < -0.3 is 4.74 Å². The Morgan fingerprint density at radius 3 is 2.64 bits per heavy atom. The molecule has 122 valence electrons. The molecule has 4 nitrogen and oxygen atoms in total. The van der Waals surface area contributed by atoms with Crippen molar-refractivity contribution in [1.82, 2.24) is 4.31 Å². The molecule has 0 aromatic heterocycles. The Bertz CT molecular complexity index is 645. The lowest BCUT2D eigenvalue weighted by atomic mass is 9.79. The van der Waals surface area contributed by atoms with E-state index in [1.54, 1.807) is 4.31 Å². The van der Waals surface area contributed by atoms with Gasteiger partial charge in [-0.3, -0.25) is 0 Å². The first-order chi connectivity index (χ1) is 10.5. The zero-order valence-corrected chi connectivity index (χ0v) is 13.6. The molecule has 1 aromatic carbocycles. The molecule has 0 bridgehead atoms. The van der Waals surface area contributed by atoms with Crippen molar-refractivity contribution in [3.63, 3.8) is 0 Å². The highest BCUT2D eigenvalue weighted by molar-refractivity contribution is 7.89. The Morgan fingerprint density at radius 1 is 1.18 bits per heavy atom. The number of fused-ring (bicyclic) bond motifs is 1. The Balaban J connectivity index is 1.92. The summed E-state index contributed by atoms with van der Waals surface area (Å²) in [6.07, 6.45) is 6.28. The first-order valence-electron chi connectivity index (χ1n) is 7.89. The van der Waals surface area contributed by atoms with Crippen LogP contribution in [0.25, 0.3) is 0 Å². The number of halogens is 1. The number of ether oxygens (including phenoxy) is 1. The third-order valence-corrected chi connectivity index (χ3v) is 6.84. The van der Waals surface area contributed by atoms with Gasteiger partial charge in [0, 0.05) is 12.6 Å². The number of rotatable bonds is 3. The van der Waals surface area contributed by atoms with Gasteiger partial charge >= 0.3 is 0 Å². The molecule has 1 saturated heterocycles. The monoisotopic (exact) mass is 327 g/mol. The van der Waals surface area contributed by atoms with E-state index < -0.39 is 15.8 Å². The highest BCUT2D eigenvalue weighted by Crippen LogP contribution is 2.38. The van der Waals surface area contributed by atoms with Gasteiger partial charge in [-0.15, -0.1) is 0 Å². The van der Waals surface area contributed by atoms with Crippen molar-refractivity contribution in [2.75, 3.05) is 13.7 Å². The summed E-state index contributed by atoms with van der Waals surface area (Å²) < 4.78 is 46.2. The minimum atomic E-state index is -3.64. The first-order valence-corrected chi connectivity index (χ1v) is 9.33. The minimum Gasteiger partial charge on any atom is -0.494 e. The van der Waals surface area contributed by atoms with Crippen LogP contribution < -0.4 is 4.74 Å². The molecule has 3 rings (SSSR count). The predicted octanol–water partition coefficient (Wildman–Crippen LogP) is 3.18. The van der Waals surface area contributed by atoms with Crippen molar-refractivity contribution in [2.24, 2.45) is 5.92 Å². The highest BCUT2D eigenvalue weighted by atomic mass is 32.2. The van der Waals surface area contributed by atoms with Gasteiger partial charge in [0.25, 0.3) is 0 Å². The van der Waals surface area contributed by atoms with Crippen LogP contribution in [0.5, 0.6) is 5.75 Å². The van der Waals surface area contributed by atoms with E-state index in [2.05, 4.69) is 0 Å². The van der Waals surface area contributed by atoms with Crippen LogP contribution in [0.15, 0.2) is 23.1 Å². The summed E-state index contributed by atoms with van der Waals surface area (Å²) in [5.74, 6) is -0.116. The maximum atomic E-state index is 13.9. The standard InChI is InChI=1S/C16H22FNO3S/c1-21-16-9-8-13(11-14(16)17)22(19,20)18-10-4-6-12-5-2-3-7-15(12)18/h8-9,11-12,15H,2-7,10H2,1H3. The van der Waals surface area contributed by atoms with Gasteiger partial charge in [0.15, 0.2) is 11.6 Å². The Morgan fingerprint density at radius 2 is 1.91 bits per heavy atom. The van der Waals surface area contributed by atoms with Crippen molar-refractivity contribution < 1.29 is 17.5 Å². The molecular weight excluding hydrogens is 305 g/mol. The van der Waals surface area contributed by atoms with Gasteiger partial charge in [0.05, 0.1) is 12.0 Å². The lowest BCUT2D eigenvalue weighted by molar-refractivity contribution is 0.129. The Kier molecular flexibility index (Phi) is 4.41. The molecule has 1 aliphatic heterocycles. The summed E-state index contributed by atoms with van der Waals surface area (Å²) in [4.78, 5) is 0.0250. The fourth-order valence-corrected chi connectivity index (χ4v) is 5.59. The van der Waals surface area contributed by atoms with Gasteiger partial charge in [-0.1, -0.05) is 12.8 Å². The van der Waals surface area contributed by atoms with E-state index >= 15 is 0 Å². The van der Waals surface area contributed by atoms with E-state index in [4.69, 9.17) is 4.74 Å². The smallest absolute Gasteiger partial charge is 0.243 e. The highest BCUT2D eigenvalue weighted by Gasteiger charge is 2.40. The number of nitrogens with zero attached hydrogens (tertiary/aromatic N) is 1. The number of benzene rings is 1. The Labute approximate surface area is 131 Å². The largest absolute Gasteiger partial charge is 0.494 e. The average molecular weight is 327 g/mol. The van der Waals surface area contributed by atoms with Crippen LogP contribution in [0.1, 0.15) is 38.5 Å². The van der Waals surface area contributed by atoms with Crippen LogP contribution in [0.2, 0.25) is 0 Å². The van der Waals surface area contributed by atoms with Crippen molar-refractivity contribution in [3.05, 3.63) is 24.0 Å². The maximum Gasteiger partial charge on any atom is 0.243 e. The molecule has 2 fully saturated rings. The van der Waals surface area contributed by atoms with Crippen LogP contribution >= 0.6 is 0 Å². The third kappa shape index (κ3) is 2.74. The molecule has 0 N–H and O–H groups in total. The summed E-state index contributed by atoms with van der Waals surface area (Å²) in [5, 5.41) is 0. The molecule has 0 amide bonds. The van der Waals surface area contributed by atoms with Crippen molar-refractivity contribution in [1.29, 1.82) is 0 Å². The molecule has 2 aliphatic rings. The number of piperidine rings is 1. The summed E-state index contributed by atoms with van der Waals surface area (Å²) in [7, 11) is -2.28. The van der Waals surface area contributed by atoms with E-state index in [1.165, 1.54) is 25.7 Å². The van der Waals surface area contributed by atoms with E-state index in [0.29, 0.717) is 12.5 Å². The molecule has 1 aliphatic carbocycles.